The van der Waals surface area contributed by atoms with E-state index in [1.807, 2.05) is 0 Å². The van der Waals surface area contributed by atoms with Gasteiger partial charge in [0.2, 0.25) is 0 Å². The standard InChI is InChI=1S/C9H20N2.C9H19N/c1-9(2,3)11-7-5-10(4)6-8-11;1-9(2,3)10-7-5-4-6-8-10/h5-8H2,1-4H3;4-8H2,1-3H3. The van der Waals surface area contributed by atoms with Gasteiger partial charge in [-0.3, -0.25) is 9.80 Å². The highest BCUT2D eigenvalue weighted by atomic mass is 15.3. The predicted molar refractivity (Wildman–Crippen MR) is 94.0 cm³/mol. The SMILES string of the molecule is CC(C)(C)N1CCCCC1.CN1CCN(C(C)(C)C)CC1. The summed E-state index contributed by atoms with van der Waals surface area (Å²) in [5.41, 5.74) is 0.766. The van der Waals surface area contributed by atoms with E-state index in [9.17, 15) is 0 Å². The summed E-state index contributed by atoms with van der Waals surface area (Å²) >= 11 is 0. The van der Waals surface area contributed by atoms with Crippen molar-refractivity contribution in [1.82, 2.24) is 14.7 Å². The van der Waals surface area contributed by atoms with Gasteiger partial charge in [0.15, 0.2) is 0 Å². The Hall–Kier alpha value is -0.120. The first-order valence-corrected chi connectivity index (χ1v) is 8.79. The topological polar surface area (TPSA) is 9.72 Å². The number of rotatable bonds is 0. The molecule has 0 atom stereocenters. The summed E-state index contributed by atoms with van der Waals surface area (Å²) < 4.78 is 0. The van der Waals surface area contributed by atoms with E-state index < -0.39 is 0 Å². The number of hydrogen-bond donors (Lipinski definition) is 0. The molecule has 0 aromatic carbocycles. The molecule has 21 heavy (non-hydrogen) atoms. The van der Waals surface area contributed by atoms with Crippen LogP contribution < -0.4 is 0 Å². The van der Waals surface area contributed by atoms with Crippen LogP contribution in [0.3, 0.4) is 0 Å². The first kappa shape index (κ1) is 18.9. The molecule has 0 aromatic heterocycles. The highest BCUT2D eigenvalue weighted by molar-refractivity contribution is 4.80. The van der Waals surface area contributed by atoms with Crippen molar-refractivity contribution in [3.05, 3.63) is 0 Å². The second-order valence-electron chi connectivity index (χ2n) is 8.68. The maximum absolute atomic E-state index is 2.58. The Morgan fingerprint density at radius 2 is 0.905 bits per heavy atom. The third-order valence-corrected chi connectivity index (χ3v) is 4.76. The van der Waals surface area contributed by atoms with E-state index in [1.165, 1.54) is 58.5 Å². The minimum absolute atomic E-state index is 0.362. The summed E-state index contributed by atoms with van der Waals surface area (Å²) in [7, 11) is 2.19. The fourth-order valence-corrected chi connectivity index (χ4v) is 3.04. The molecule has 2 heterocycles. The van der Waals surface area contributed by atoms with Crippen LogP contribution in [-0.2, 0) is 0 Å². The van der Waals surface area contributed by atoms with Gasteiger partial charge < -0.3 is 4.90 Å². The Morgan fingerprint density at radius 3 is 1.24 bits per heavy atom. The second kappa shape index (κ2) is 7.94. The van der Waals surface area contributed by atoms with Crippen molar-refractivity contribution in [3.63, 3.8) is 0 Å². The van der Waals surface area contributed by atoms with Crippen molar-refractivity contribution in [1.29, 1.82) is 0 Å². The van der Waals surface area contributed by atoms with Gasteiger partial charge in [0, 0.05) is 37.3 Å². The molecular weight excluding hydrogens is 258 g/mol. The average Bonchev–Trinajstić information content (AvgIpc) is 2.39. The summed E-state index contributed by atoms with van der Waals surface area (Å²) in [4.78, 5) is 7.52. The normalized spacial score (nSPS) is 23.6. The molecule has 3 nitrogen and oxygen atoms in total. The fourth-order valence-electron chi connectivity index (χ4n) is 3.04. The van der Waals surface area contributed by atoms with Crippen molar-refractivity contribution in [3.8, 4) is 0 Å². The molecule has 2 fully saturated rings. The summed E-state index contributed by atoms with van der Waals surface area (Å²) in [6, 6.07) is 0. The average molecular weight is 298 g/mol. The third kappa shape index (κ3) is 7.12. The van der Waals surface area contributed by atoms with Crippen molar-refractivity contribution in [2.75, 3.05) is 46.3 Å². The van der Waals surface area contributed by atoms with E-state index in [4.69, 9.17) is 0 Å². The number of likely N-dealkylation sites (tertiary alicyclic amines) is 1. The van der Waals surface area contributed by atoms with Crippen LogP contribution in [0.2, 0.25) is 0 Å². The molecule has 2 rings (SSSR count). The van der Waals surface area contributed by atoms with E-state index in [0.29, 0.717) is 11.1 Å². The quantitative estimate of drug-likeness (QED) is 0.679. The van der Waals surface area contributed by atoms with Gasteiger partial charge in [-0.05, 0) is 74.5 Å². The van der Waals surface area contributed by atoms with E-state index in [2.05, 4.69) is 63.3 Å². The van der Waals surface area contributed by atoms with Crippen molar-refractivity contribution in [2.24, 2.45) is 0 Å². The van der Waals surface area contributed by atoms with E-state index in [1.54, 1.807) is 0 Å². The molecule has 0 N–H and O–H groups in total. The van der Waals surface area contributed by atoms with Gasteiger partial charge >= 0.3 is 0 Å². The van der Waals surface area contributed by atoms with Crippen molar-refractivity contribution in [2.45, 2.75) is 71.9 Å². The Bertz CT molecular complexity index is 274. The number of hydrogen-bond acceptors (Lipinski definition) is 3. The van der Waals surface area contributed by atoms with Gasteiger partial charge in [0.25, 0.3) is 0 Å². The minimum atomic E-state index is 0.362. The summed E-state index contributed by atoms with van der Waals surface area (Å²) in [5, 5.41) is 0. The molecule has 3 heteroatoms. The van der Waals surface area contributed by atoms with Crippen LogP contribution in [0.1, 0.15) is 60.8 Å². The van der Waals surface area contributed by atoms with Crippen molar-refractivity contribution < 1.29 is 0 Å². The highest BCUT2D eigenvalue weighted by Gasteiger charge is 2.24. The molecule has 0 amide bonds. The molecule has 0 spiro atoms. The van der Waals surface area contributed by atoms with Gasteiger partial charge in [-0.2, -0.15) is 0 Å². The zero-order valence-electron chi connectivity index (χ0n) is 15.7. The Labute approximate surface area is 133 Å². The van der Waals surface area contributed by atoms with E-state index in [-0.39, 0.29) is 0 Å². The Kier molecular flexibility index (Phi) is 7.15. The Balaban J connectivity index is 0.000000211. The number of nitrogens with zero attached hydrogens (tertiary/aromatic N) is 3. The summed E-state index contributed by atoms with van der Waals surface area (Å²) in [5.74, 6) is 0. The summed E-state index contributed by atoms with van der Waals surface area (Å²) in [6.07, 6.45) is 4.24. The zero-order chi connectivity index (χ0) is 16.1. The molecule has 0 bridgehead atoms. The predicted octanol–water partition coefficient (Wildman–Crippen LogP) is 3.30. The van der Waals surface area contributed by atoms with Crippen LogP contribution in [0.4, 0.5) is 0 Å². The Morgan fingerprint density at radius 1 is 0.524 bits per heavy atom. The molecule has 0 saturated carbocycles. The lowest BCUT2D eigenvalue weighted by atomic mass is 10.0. The van der Waals surface area contributed by atoms with Crippen LogP contribution in [0, 0.1) is 0 Å². The van der Waals surface area contributed by atoms with Gasteiger partial charge in [-0.1, -0.05) is 6.42 Å². The lowest BCUT2D eigenvalue weighted by molar-refractivity contribution is 0.0735. The van der Waals surface area contributed by atoms with Gasteiger partial charge in [0.05, 0.1) is 0 Å². The molecule has 2 aliphatic heterocycles. The summed E-state index contributed by atoms with van der Waals surface area (Å²) in [6.45, 7) is 21.3. The molecule has 0 unspecified atom stereocenters. The minimum Gasteiger partial charge on any atom is -0.304 e. The lowest BCUT2D eigenvalue weighted by Crippen LogP contribution is -2.52. The van der Waals surface area contributed by atoms with Crippen LogP contribution >= 0.6 is 0 Å². The van der Waals surface area contributed by atoms with Crippen LogP contribution in [0.5, 0.6) is 0 Å². The molecule has 0 aliphatic carbocycles. The molecule has 0 radical (unpaired) electrons. The van der Waals surface area contributed by atoms with Crippen LogP contribution in [0.25, 0.3) is 0 Å². The number of piperidine rings is 1. The smallest absolute Gasteiger partial charge is 0.0126 e. The molecule has 2 aliphatic rings. The van der Waals surface area contributed by atoms with E-state index >= 15 is 0 Å². The first-order valence-electron chi connectivity index (χ1n) is 8.79. The monoisotopic (exact) mass is 297 g/mol. The van der Waals surface area contributed by atoms with Gasteiger partial charge in [-0.15, -0.1) is 0 Å². The molecular formula is C18H39N3. The molecule has 0 aromatic rings. The lowest BCUT2D eigenvalue weighted by Gasteiger charge is -2.41. The van der Waals surface area contributed by atoms with Crippen LogP contribution in [0.15, 0.2) is 0 Å². The van der Waals surface area contributed by atoms with Crippen LogP contribution in [-0.4, -0.2) is 72.1 Å². The van der Waals surface area contributed by atoms with Crippen molar-refractivity contribution >= 4 is 0 Å². The van der Waals surface area contributed by atoms with Gasteiger partial charge in [-0.25, -0.2) is 0 Å². The van der Waals surface area contributed by atoms with Gasteiger partial charge in [0.1, 0.15) is 0 Å². The second-order valence-corrected chi connectivity index (χ2v) is 8.68. The van der Waals surface area contributed by atoms with E-state index in [0.717, 1.165) is 0 Å². The zero-order valence-corrected chi connectivity index (χ0v) is 15.7. The molecule has 2 saturated heterocycles. The maximum Gasteiger partial charge on any atom is 0.0126 e. The maximum atomic E-state index is 2.58. The highest BCUT2D eigenvalue weighted by Crippen LogP contribution is 2.19. The number of likely N-dealkylation sites (N-methyl/N-ethyl adjacent to an activating group) is 1. The first-order chi connectivity index (χ1) is 9.60. The largest absolute Gasteiger partial charge is 0.304 e. The fraction of sp³-hybridized carbons (Fsp3) is 1.00. The number of piperazine rings is 1. The third-order valence-electron chi connectivity index (χ3n) is 4.76. The molecule has 126 valence electrons.